The predicted molar refractivity (Wildman–Crippen MR) is 208 cm³/mol. The van der Waals surface area contributed by atoms with Gasteiger partial charge >= 0.3 is 48.4 Å². The predicted octanol–water partition coefficient (Wildman–Crippen LogP) is 3.96. The fourth-order valence-corrected chi connectivity index (χ4v) is 6.95. The molecule has 3 aliphatic heterocycles. The summed E-state index contributed by atoms with van der Waals surface area (Å²) in [5.74, 6) is -12.4. The Hall–Kier alpha value is -6.27. The Balaban J connectivity index is 0.000000571. The summed E-state index contributed by atoms with van der Waals surface area (Å²) in [6.45, 7) is 9.36. The molecule has 2 bridgehead atoms. The number of hydrogen-bond acceptors (Lipinski definition) is 6. The van der Waals surface area contributed by atoms with Gasteiger partial charge in [0.05, 0.1) is 24.9 Å². The first-order valence-electron chi connectivity index (χ1n) is 19.4. The largest absolute Gasteiger partial charge is 0.490 e. The molecular weight excluding hydrogens is 895 g/mol. The maximum Gasteiger partial charge on any atom is 0.490 e. The standard InChI is InChI=1S/C35H42N4O5.3C2HF3O2/c36-14-15-37-33(40)25-39-19-16-38(17-20-39,18-21-39)24-28-8-12-30(13-9-28)29-10-6-27(7-11-29)23-32(35(43)44)31(34(41)42)22-26-4-2-1-3-5-26;3*3-2(4,5)1(6)7/h1-13,31-32H,14-25,36H2,(H-2,37,40,41,42,43,44);3*(H,6,7)/p+3/t31-,32-,38?,39?;;;/m0.../s1. The van der Waals surface area contributed by atoms with Crippen LogP contribution < -0.4 is 11.1 Å². The summed E-state index contributed by atoms with van der Waals surface area (Å²) >= 11 is 0. The first-order valence-corrected chi connectivity index (χ1v) is 19.4. The van der Waals surface area contributed by atoms with Gasteiger partial charge in [-0.15, -0.1) is 0 Å². The number of amides is 1. The van der Waals surface area contributed by atoms with Crippen LogP contribution >= 0.6 is 0 Å². The Labute approximate surface area is 364 Å². The topological polar surface area (TPSA) is 243 Å². The number of carboxylic acid groups (broad SMARTS) is 5. The van der Waals surface area contributed by atoms with Crippen LogP contribution in [-0.2, 0) is 48.2 Å². The fourth-order valence-electron chi connectivity index (χ4n) is 6.95. The quantitative estimate of drug-likeness (QED) is 0.0902. The van der Waals surface area contributed by atoms with E-state index in [0.717, 1.165) is 77.0 Å². The van der Waals surface area contributed by atoms with E-state index in [1.54, 1.807) is 0 Å². The smallest absolute Gasteiger partial charge is 0.481 e. The van der Waals surface area contributed by atoms with Crippen LogP contribution in [0.3, 0.4) is 0 Å². The van der Waals surface area contributed by atoms with Crippen LogP contribution in [0.15, 0.2) is 78.9 Å². The van der Waals surface area contributed by atoms with Crippen molar-refractivity contribution in [3.63, 3.8) is 0 Å². The zero-order valence-electron chi connectivity index (χ0n) is 34.3. The second-order valence-electron chi connectivity index (χ2n) is 15.1. The lowest BCUT2D eigenvalue weighted by Crippen LogP contribution is -2.75. The highest BCUT2D eigenvalue weighted by atomic mass is 19.4. The molecule has 65 heavy (non-hydrogen) atoms. The minimum Gasteiger partial charge on any atom is -0.481 e. The van der Waals surface area contributed by atoms with Gasteiger partial charge in [-0.25, -0.2) is 14.4 Å². The molecule has 15 nitrogen and oxygen atoms in total. The van der Waals surface area contributed by atoms with E-state index in [1.165, 1.54) is 5.56 Å². The molecule has 0 unspecified atom stereocenters. The molecule has 3 fully saturated rings. The van der Waals surface area contributed by atoms with Crippen molar-refractivity contribution in [3.05, 3.63) is 95.6 Å². The second kappa shape index (κ2) is 23.6. The van der Waals surface area contributed by atoms with Crippen molar-refractivity contribution in [1.82, 2.24) is 5.32 Å². The van der Waals surface area contributed by atoms with Crippen LogP contribution in [0.4, 0.5) is 39.5 Å². The number of halogens is 9. The molecule has 3 saturated heterocycles. The third-order valence-corrected chi connectivity index (χ3v) is 10.5. The number of quaternary nitrogens is 3. The number of alkyl halides is 9. The Kier molecular flexibility index (Phi) is 19.9. The number of carbonyl (C=O) groups excluding carboxylic acids is 1. The van der Waals surface area contributed by atoms with Crippen LogP contribution in [0.5, 0.6) is 0 Å². The lowest BCUT2D eigenvalue weighted by molar-refractivity contribution is -1.08. The number of hydrogen-bond donors (Lipinski definition) is 7. The van der Waals surface area contributed by atoms with Crippen molar-refractivity contribution >= 4 is 35.8 Å². The summed E-state index contributed by atoms with van der Waals surface area (Å²) in [6, 6.07) is 25.7. The van der Waals surface area contributed by atoms with Crippen LogP contribution in [0.1, 0.15) is 16.7 Å². The number of aliphatic carboxylic acids is 5. The molecule has 6 rings (SSSR count). The molecule has 24 heteroatoms. The molecule has 0 saturated carbocycles. The van der Waals surface area contributed by atoms with Crippen LogP contribution in [0.2, 0.25) is 0 Å². The summed E-state index contributed by atoms with van der Waals surface area (Å²) in [5.41, 5.74) is 8.85. The maximum absolute atomic E-state index is 12.4. The van der Waals surface area contributed by atoms with Gasteiger partial charge in [0.1, 0.15) is 45.8 Å². The van der Waals surface area contributed by atoms with E-state index in [1.807, 2.05) is 54.6 Å². The molecule has 358 valence electrons. The maximum atomic E-state index is 12.4. The minimum absolute atomic E-state index is 0.147. The van der Waals surface area contributed by atoms with E-state index >= 15 is 0 Å². The zero-order chi connectivity index (χ0) is 49.4. The molecule has 1 amide bonds. The SMILES string of the molecule is O=C(O)C(F)(F)F.O=C(O)C(F)(F)F.O=C(O)C(F)(F)F.[NH3+]CCNC(=O)C[N+]12CC[N+](Cc3ccc(-c4ccc(C[C@H](C(=O)O)[C@H](Cc5ccccc5)C(=O)O)cc4)cc3)(CC1)CC2. The molecule has 3 aromatic rings. The van der Waals surface area contributed by atoms with E-state index < -0.39 is 60.2 Å². The van der Waals surface area contributed by atoms with Crippen LogP contribution in [0.25, 0.3) is 11.1 Å². The number of piperazine rings is 3. The number of nitrogens with one attached hydrogen (secondary N) is 1. The van der Waals surface area contributed by atoms with Gasteiger partial charge in [0.15, 0.2) is 6.54 Å². The molecule has 0 aliphatic carbocycles. The first-order chi connectivity index (χ1) is 30.0. The van der Waals surface area contributed by atoms with E-state index in [-0.39, 0.29) is 18.7 Å². The van der Waals surface area contributed by atoms with Gasteiger partial charge < -0.3 is 45.5 Å². The minimum atomic E-state index is -5.08. The summed E-state index contributed by atoms with van der Waals surface area (Å²) < 4.78 is 97.2. The number of benzene rings is 3. The molecular formula is C41H48F9N4O11+3. The van der Waals surface area contributed by atoms with Gasteiger partial charge in [-0.2, -0.15) is 39.5 Å². The molecule has 0 aromatic heterocycles. The highest BCUT2D eigenvalue weighted by Crippen LogP contribution is 2.30. The Morgan fingerprint density at radius 1 is 0.523 bits per heavy atom. The number of fused-ring (bicyclic) bond motifs is 3. The van der Waals surface area contributed by atoms with Crippen molar-refractivity contribution in [1.29, 1.82) is 0 Å². The third kappa shape index (κ3) is 18.4. The fraction of sp³-hybridized carbons (Fsp3) is 0.415. The van der Waals surface area contributed by atoms with Gasteiger partial charge in [-0.05, 0) is 35.1 Å². The second-order valence-corrected chi connectivity index (χ2v) is 15.1. The lowest BCUT2D eigenvalue weighted by atomic mass is 9.82. The van der Waals surface area contributed by atoms with Gasteiger partial charge in [-0.1, -0.05) is 78.9 Å². The van der Waals surface area contributed by atoms with Crippen molar-refractivity contribution in [3.8, 4) is 11.1 Å². The monoisotopic (exact) mass is 943 g/mol. The van der Waals surface area contributed by atoms with Gasteiger partial charge in [0, 0.05) is 5.56 Å². The summed E-state index contributed by atoms with van der Waals surface area (Å²) in [6.07, 6.45) is -14.9. The molecule has 9 N–H and O–H groups in total. The average Bonchev–Trinajstić information content (AvgIpc) is 3.22. The van der Waals surface area contributed by atoms with Gasteiger partial charge in [0.25, 0.3) is 5.91 Å². The number of carbonyl (C=O) groups is 6. The Bertz CT molecular complexity index is 1980. The van der Waals surface area contributed by atoms with E-state index in [0.29, 0.717) is 19.6 Å². The van der Waals surface area contributed by atoms with Crippen molar-refractivity contribution in [2.24, 2.45) is 11.8 Å². The lowest BCUT2D eigenvalue weighted by Gasteiger charge is -2.55. The van der Waals surface area contributed by atoms with Crippen LogP contribution in [-0.4, -0.2) is 148 Å². The van der Waals surface area contributed by atoms with E-state index in [9.17, 15) is 64.1 Å². The highest BCUT2D eigenvalue weighted by molar-refractivity contribution is 5.81. The van der Waals surface area contributed by atoms with E-state index in [4.69, 9.17) is 29.7 Å². The molecule has 3 aromatic carbocycles. The summed E-state index contributed by atoms with van der Waals surface area (Å²) in [7, 11) is 0. The van der Waals surface area contributed by atoms with Crippen molar-refractivity contribution < 1.29 is 109 Å². The van der Waals surface area contributed by atoms with Crippen LogP contribution in [0, 0.1) is 11.8 Å². The molecule has 2 atom stereocenters. The normalized spacial score (nSPS) is 18.7. The van der Waals surface area contributed by atoms with Gasteiger partial charge in [0.2, 0.25) is 0 Å². The number of nitrogens with zero attached hydrogens (tertiary/aromatic N) is 2. The third-order valence-electron chi connectivity index (χ3n) is 10.5. The molecule has 0 radical (unpaired) electrons. The van der Waals surface area contributed by atoms with Gasteiger partial charge in [-0.3, -0.25) is 14.4 Å². The van der Waals surface area contributed by atoms with Crippen molar-refractivity contribution in [2.45, 2.75) is 37.9 Å². The summed E-state index contributed by atoms with van der Waals surface area (Å²) in [4.78, 5) is 63.3. The number of rotatable bonds is 14. The average molecular weight is 944 g/mol. The Morgan fingerprint density at radius 2 is 0.846 bits per heavy atom. The van der Waals surface area contributed by atoms with Crippen molar-refractivity contribution in [2.75, 3.05) is 58.9 Å². The first kappa shape index (κ1) is 54.9. The Morgan fingerprint density at radius 3 is 1.17 bits per heavy atom. The zero-order valence-corrected chi connectivity index (χ0v) is 34.3. The molecule has 3 aliphatic rings. The number of carboxylic acids is 5. The summed E-state index contributed by atoms with van der Waals surface area (Å²) in [5, 5.41) is 44.2. The van der Waals surface area contributed by atoms with E-state index in [2.05, 4.69) is 35.3 Å². The molecule has 3 heterocycles. The molecule has 0 spiro atoms. The highest BCUT2D eigenvalue weighted by Gasteiger charge is 2.50.